The van der Waals surface area contributed by atoms with Gasteiger partial charge < -0.3 is 10.5 Å². The lowest BCUT2D eigenvalue weighted by atomic mass is 10.3. The molecule has 1 aromatic heterocycles. The molecule has 1 aliphatic heterocycles. The maximum atomic E-state index is 11.1. The van der Waals surface area contributed by atoms with E-state index in [4.69, 9.17) is 5.73 Å². The largest absolute Gasteiger partial charge is 0.391 e. The second kappa shape index (κ2) is 2.60. The van der Waals surface area contributed by atoms with Crippen LogP contribution in [-0.4, -0.2) is 12.0 Å². The first-order valence-corrected chi connectivity index (χ1v) is 4.24. The van der Waals surface area contributed by atoms with Gasteiger partial charge in [-0.05, 0) is 11.4 Å². The molecule has 0 saturated carbocycles. The standard InChI is InChI=1S/C7H6N2O2S/c8-7-9-5(6(10)11-7)4-2-1-3-12-4/h1-3,5H,(H2,8,9). The average Bonchev–Trinajstić information content (AvgIpc) is 2.58. The third kappa shape index (κ3) is 1.08. The molecule has 0 bridgehead atoms. The van der Waals surface area contributed by atoms with Gasteiger partial charge in [0.15, 0.2) is 6.04 Å². The first-order valence-electron chi connectivity index (χ1n) is 3.36. The van der Waals surface area contributed by atoms with Gasteiger partial charge in [-0.1, -0.05) is 6.07 Å². The highest BCUT2D eigenvalue weighted by atomic mass is 32.1. The van der Waals surface area contributed by atoms with Crippen molar-refractivity contribution in [2.24, 2.45) is 10.7 Å². The Morgan fingerprint density at radius 2 is 2.50 bits per heavy atom. The van der Waals surface area contributed by atoms with E-state index in [9.17, 15) is 4.79 Å². The van der Waals surface area contributed by atoms with Gasteiger partial charge in [-0.15, -0.1) is 11.3 Å². The van der Waals surface area contributed by atoms with E-state index in [1.807, 2.05) is 17.5 Å². The molecule has 1 aliphatic rings. The smallest absolute Gasteiger partial charge is 0.344 e. The van der Waals surface area contributed by atoms with Crippen LogP contribution in [-0.2, 0) is 9.53 Å². The number of carbonyl (C=O) groups is 1. The van der Waals surface area contributed by atoms with Crippen molar-refractivity contribution in [1.29, 1.82) is 0 Å². The van der Waals surface area contributed by atoms with E-state index in [-0.39, 0.29) is 6.02 Å². The van der Waals surface area contributed by atoms with Gasteiger partial charge in [-0.3, -0.25) is 0 Å². The first-order chi connectivity index (χ1) is 5.77. The third-order valence-corrected chi connectivity index (χ3v) is 2.42. The summed E-state index contributed by atoms with van der Waals surface area (Å²) in [6, 6.07) is 3.11. The Hall–Kier alpha value is -1.36. The van der Waals surface area contributed by atoms with Crippen molar-refractivity contribution < 1.29 is 9.53 Å². The van der Waals surface area contributed by atoms with Crippen LogP contribution in [0.2, 0.25) is 0 Å². The summed E-state index contributed by atoms with van der Waals surface area (Å²) in [5.41, 5.74) is 5.23. The number of hydrogen-bond acceptors (Lipinski definition) is 5. The van der Waals surface area contributed by atoms with Gasteiger partial charge in [0, 0.05) is 4.88 Å². The van der Waals surface area contributed by atoms with Crippen molar-refractivity contribution in [2.75, 3.05) is 0 Å². The summed E-state index contributed by atoms with van der Waals surface area (Å²) < 4.78 is 4.59. The van der Waals surface area contributed by atoms with Crippen molar-refractivity contribution in [2.45, 2.75) is 6.04 Å². The molecule has 5 heteroatoms. The van der Waals surface area contributed by atoms with Gasteiger partial charge in [-0.25, -0.2) is 9.79 Å². The zero-order chi connectivity index (χ0) is 8.55. The molecule has 0 radical (unpaired) electrons. The second-order valence-electron chi connectivity index (χ2n) is 2.31. The van der Waals surface area contributed by atoms with Crippen LogP contribution in [0.3, 0.4) is 0 Å². The molecule has 1 atom stereocenters. The van der Waals surface area contributed by atoms with Gasteiger partial charge in [0.1, 0.15) is 0 Å². The van der Waals surface area contributed by atoms with E-state index in [0.717, 1.165) is 4.88 Å². The Morgan fingerprint density at radius 3 is 3.00 bits per heavy atom. The molecular formula is C7H6N2O2S. The number of esters is 1. The van der Waals surface area contributed by atoms with Crippen LogP contribution >= 0.6 is 11.3 Å². The molecule has 0 aliphatic carbocycles. The number of aliphatic imine (C=N–C) groups is 1. The Kier molecular flexibility index (Phi) is 1.58. The van der Waals surface area contributed by atoms with Crippen LogP contribution in [0, 0.1) is 0 Å². The van der Waals surface area contributed by atoms with Crippen molar-refractivity contribution in [3.63, 3.8) is 0 Å². The molecule has 4 nitrogen and oxygen atoms in total. The molecular weight excluding hydrogens is 176 g/mol. The summed E-state index contributed by atoms with van der Waals surface area (Å²) in [5, 5.41) is 1.88. The van der Waals surface area contributed by atoms with Gasteiger partial charge >= 0.3 is 5.97 Å². The number of amidine groups is 1. The van der Waals surface area contributed by atoms with Crippen molar-refractivity contribution in [1.82, 2.24) is 0 Å². The monoisotopic (exact) mass is 182 g/mol. The van der Waals surface area contributed by atoms with Crippen LogP contribution in [0.15, 0.2) is 22.5 Å². The Morgan fingerprint density at radius 1 is 1.67 bits per heavy atom. The van der Waals surface area contributed by atoms with Gasteiger partial charge in [0.2, 0.25) is 0 Å². The highest BCUT2D eigenvalue weighted by Gasteiger charge is 2.29. The Balaban J connectivity index is 2.31. The number of carbonyl (C=O) groups excluding carboxylic acids is 1. The van der Waals surface area contributed by atoms with E-state index in [2.05, 4.69) is 9.73 Å². The van der Waals surface area contributed by atoms with Crippen molar-refractivity contribution in [3.8, 4) is 0 Å². The maximum absolute atomic E-state index is 11.1. The van der Waals surface area contributed by atoms with E-state index < -0.39 is 12.0 Å². The quantitative estimate of drug-likeness (QED) is 0.649. The predicted octanol–water partition coefficient (Wildman–Crippen LogP) is 0.661. The lowest BCUT2D eigenvalue weighted by Gasteiger charge is -1.96. The summed E-state index contributed by atoms with van der Waals surface area (Å²) in [7, 11) is 0. The summed E-state index contributed by atoms with van der Waals surface area (Å²) in [4.78, 5) is 15.8. The highest BCUT2D eigenvalue weighted by molar-refractivity contribution is 7.10. The number of thiophene rings is 1. The third-order valence-electron chi connectivity index (χ3n) is 1.50. The van der Waals surface area contributed by atoms with Crippen molar-refractivity contribution >= 4 is 23.3 Å². The maximum Gasteiger partial charge on any atom is 0.344 e. The molecule has 0 spiro atoms. The summed E-state index contributed by atoms with van der Waals surface area (Å²) in [6.07, 6.45) is 0. The minimum absolute atomic E-state index is 0.0431. The van der Waals surface area contributed by atoms with E-state index >= 15 is 0 Å². The molecule has 1 unspecified atom stereocenters. The molecule has 2 N–H and O–H groups in total. The molecule has 2 rings (SSSR count). The van der Waals surface area contributed by atoms with Crippen LogP contribution in [0.5, 0.6) is 0 Å². The van der Waals surface area contributed by atoms with E-state index in [0.29, 0.717) is 0 Å². The molecule has 0 aromatic carbocycles. The topological polar surface area (TPSA) is 64.7 Å². The molecule has 0 fully saturated rings. The lowest BCUT2D eigenvalue weighted by Crippen LogP contribution is -2.13. The van der Waals surface area contributed by atoms with E-state index in [1.54, 1.807) is 0 Å². The lowest BCUT2D eigenvalue weighted by molar-refractivity contribution is -0.135. The molecule has 12 heavy (non-hydrogen) atoms. The second-order valence-corrected chi connectivity index (χ2v) is 3.29. The Labute approximate surface area is 72.7 Å². The zero-order valence-corrected chi connectivity index (χ0v) is 6.88. The Bertz CT molecular complexity index is 331. The molecule has 0 amide bonds. The normalized spacial score (nSPS) is 22.2. The number of cyclic esters (lactones) is 1. The first kappa shape index (κ1) is 7.30. The van der Waals surface area contributed by atoms with Crippen LogP contribution in [0.25, 0.3) is 0 Å². The van der Waals surface area contributed by atoms with E-state index in [1.165, 1.54) is 11.3 Å². The number of rotatable bonds is 1. The van der Waals surface area contributed by atoms with Crippen LogP contribution in [0.4, 0.5) is 0 Å². The summed E-state index contributed by atoms with van der Waals surface area (Å²) in [5.74, 6) is -0.394. The number of nitrogens with two attached hydrogens (primary N) is 1. The van der Waals surface area contributed by atoms with Crippen molar-refractivity contribution in [3.05, 3.63) is 22.4 Å². The number of hydrogen-bond donors (Lipinski definition) is 1. The predicted molar refractivity (Wildman–Crippen MR) is 44.8 cm³/mol. The van der Waals surface area contributed by atoms with Crippen LogP contribution in [0.1, 0.15) is 10.9 Å². The average molecular weight is 182 g/mol. The number of ether oxygens (including phenoxy) is 1. The fourth-order valence-corrected chi connectivity index (χ4v) is 1.74. The minimum Gasteiger partial charge on any atom is -0.391 e. The molecule has 62 valence electrons. The van der Waals surface area contributed by atoms with Crippen LogP contribution < -0.4 is 5.73 Å². The minimum atomic E-state index is -0.537. The fourth-order valence-electron chi connectivity index (χ4n) is 0.992. The molecule has 0 saturated heterocycles. The van der Waals surface area contributed by atoms with Gasteiger partial charge in [-0.2, -0.15) is 0 Å². The summed E-state index contributed by atoms with van der Waals surface area (Å²) in [6.45, 7) is 0. The molecule has 1 aromatic rings. The fraction of sp³-hybridized carbons (Fsp3) is 0.143. The zero-order valence-electron chi connectivity index (χ0n) is 6.06. The summed E-state index contributed by atoms with van der Waals surface area (Å²) >= 11 is 1.46. The molecule has 2 heterocycles. The number of nitrogens with zero attached hydrogens (tertiary/aromatic N) is 1. The van der Waals surface area contributed by atoms with Gasteiger partial charge in [0.05, 0.1) is 0 Å². The highest BCUT2D eigenvalue weighted by Crippen LogP contribution is 2.26. The SMILES string of the molecule is NC1=NC(c2cccs2)C(=O)O1. The van der Waals surface area contributed by atoms with Gasteiger partial charge in [0.25, 0.3) is 6.02 Å².